The number of carbonyl (C=O) groups is 1. The van der Waals surface area contributed by atoms with Crippen molar-refractivity contribution in [3.05, 3.63) is 30.7 Å². The molecule has 1 aromatic heterocycles. The Labute approximate surface area is 101 Å². The van der Waals surface area contributed by atoms with Crippen LogP contribution in [0.4, 0.5) is 5.82 Å². The first-order chi connectivity index (χ1) is 7.92. The van der Waals surface area contributed by atoms with Gasteiger partial charge in [-0.2, -0.15) is 0 Å². The summed E-state index contributed by atoms with van der Waals surface area (Å²) in [5.74, 6) is 0.403. The molecular formula is C12H18N4O. The SMILES string of the molecule is C=CCNc1cc(C(=O)NC(C)(C)C)ncn1. The number of nitrogens with zero attached hydrogens (tertiary/aromatic N) is 2. The number of carbonyl (C=O) groups excluding carboxylic acids is 1. The molecule has 2 N–H and O–H groups in total. The summed E-state index contributed by atoms with van der Waals surface area (Å²) in [5, 5.41) is 5.84. The third kappa shape index (κ3) is 4.63. The van der Waals surface area contributed by atoms with Gasteiger partial charge in [-0.1, -0.05) is 6.08 Å². The molecule has 0 atom stereocenters. The van der Waals surface area contributed by atoms with Gasteiger partial charge in [-0.25, -0.2) is 9.97 Å². The lowest BCUT2D eigenvalue weighted by molar-refractivity contribution is 0.0914. The van der Waals surface area contributed by atoms with Crippen LogP contribution in [0.5, 0.6) is 0 Å². The molecule has 0 bridgehead atoms. The summed E-state index contributed by atoms with van der Waals surface area (Å²) in [6, 6.07) is 1.62. The molecule has 1 rings (SSSR count). The smallest absolute Gasteiger partial charge is 0.270 e. The maximum Gasteiger partial charge on any atom is 0.270 e. The molecule has 92 valence electrons. The number of nitrogens with one attached hydrogen (secondary N) is 2. The quantitative estimate of drug-likeness (QED) is 0.777. The van der Waals surface area contributed by atoms with Crippen LogP contribution in [0, 0.1) is 0 Å². The van der Waals surface area contributed by atoms with Gasteiger partial charge in [-0.3, -0.25) is 4.79 Å². The van der Waals surface area contributed by atoms with Crippen molar-refractivity contribution in [3.8, 4) is 0 Å². The van der Waals surface area contributed by atoms with Crippen molar-refractivity contribution in [3.63, 3.8) is 0 Å². The summed E-state index contributed by atoms with van der Waals surface area (Å²) in [7, 11) is 0. The van der Waals surface area contributed by atoms with Crippen LogP contribution in [0.15, 0.2) is 25.0 Å². The van der Waals surface area contributed by atoms with Crippen molar-refractivity contribution in [2.45, 2.75) is 26.3 Å². The van der Waals surface area contributed by atoms with Gasteiger partial charge in [-0.15, -0.1) is 6.58 Å². The van der Waals surface area contributed by atoms with Crippen molar-refractivity contribution < 1.29 is 4.79 Å². The van der Waals surface area contributed by atoms with E-state index in [1.165, 1.54) is 6.33 Å². The van der Waals surface area contributed by atoms with Gasteiger partial charge in [0.2, 0.25) is 0 Å². The molecule has 0 aliphatic rings. The Hall–Kier alpha value is -1.91. The second-order valence-electron chi connectivity index (χ2n) is 4.66. The third-order valence-corrected chi connectivity index (χ3v) is 1.82. The molecule has 1 heterocycles. The Morgan fingerprint density at radius 1 is 1.47 bits per heavy atom. The van der Waals surface area contributed by atoms with Gasteiger partial charge in [0.05, 0.1) is 0 Å². The van der Waals surface area contributed by atoms with Crippen molar-refractivity contribution >= 4 is 11.7 Å². The highest BCUT2D eigenvalue weighted by Crippen LogP contribution is 2.06. The van der Waals surface area contributed by atoms with Crippen LogP contribution in [0.2, 0.25) is 0 Å². The summed E-state index contributed by atoms with van der Waals surface area (Å²) in [6.45, 7) is 9.95. The summed E-state index contributed by atoms with van der Waals surface area (Å²) in [5.41, 5.74) is 0.0676. The molecular weight excluding hydrogens is 216 g/mol. The summed E-state index contributed by atoms with van der Waals surface area (Å²) in [4.78, 5) is 19.8. The predicted octanol–water partition coefficient (Wildman–Crippen LogP) is 1.60. The second kappa shape index (κ2) is 5.43. The fraction of sp³-hybridized carbons (Fsp3) is 0.417. The largest absolute Gasteiger partial charge is 0.366 e. The molecule has 0 aliphatic heterocycles. The Morgan fingerprint density at radius 3 is 2.76 bits per heavy atom. The maximum absolute atomic E-state index is 11.8. The standard InChI is InChI=1S/C12H18N4O/c1-5-6-13-10-7-9(14-8-15-10)11(17)16-12(2,3)4/h5,7-8H,1,6H2,2-4H3,(H,16,17)(H,13,14,15). The Morgan fingerprint density at radius 2 is 2.18 bits per heavy atom. The first-order valence-electron chi connectivity index (χ1n) is 5.42. The molecule has 0 saturated carbocycles. The van der Waals surface area contributed by atoms with Gasteiger partial charge in [0, 0.05) is 18.2 Å². The summed E-state index contributed by atoms with van der Waals surface area (Å²) in [6.07, 6.45) is 3.08. The molecule has 1 aromatic rings. The van der Waals surface area contributed by atoms with E-state index in [-0.39, 0.29) is 11.4 Å². The zero-order valence-corrected chi connectivity index (χ0v) is 10.4. The molecule has 5 nitrogen and oxygen atoms in total. The summed E-state index contributed by atoms with van der Waals surface area (Å²) < 4.78 is 0. The molecule has 17 heavy (non-hydrogen) atoms. The lowest BCUT2D eigenvalue weighted by Crippen LogP contribution is -2.40. The molecule has 0 aliphatic carbocycles. The van der Waals surface area contributed by atoms with E-state index < -0.39 is 0 Å². The van der Waals surface area contributed by atoms with Crippen molar-refractivity contribution in [1.29, 1.82) is 0 Å². The average molecular weight is 234 g/mol. The van der Waals surface area contributed by atoms with Crippen LogP contribution in [-0.2, 0) is 0 Å². The fourth-order valence-electron chi connectivity index (χ4n) is 1.16. The molecule has 0 saturated heterocycles. The zero-order chi connectivity index (χ0) is 12.9. The lowest BCUT2D eigenvalue weighted by atomic mass is 10.1. The second-order valence-corrected chi connectivity index (χ2v) is 4.66. The van der Waals surface area contributed by atoms with Crippen LogP contribution < -0.4 is 10.6 Å². The monoisotopic (exact) mass is 234 g/mol. The van der Waals surface area contributed by atoms with Gasteiger partial charge in [0.25, 0.3) is 5.91 Å². The predicted molar refractivity (Wildman–Crippen MR) is 67.9 cm³/mol. The van der Waals surface area contributed by atoms with Gasteiger partial charge in [0.1, 0.15) is 17.8 Å². The van der Waals surface area contributed by atoms with E-state index in [9.17, 15) is 4.79 Å². The minimum Gasteiger partial charge on any atom is -0.366 e. The Balaban J connectivity index is 2.77. The van der Waals surface area contributed by atoms with E-state index in [0.717, 1.165) is 0 Å². The minimum atomic E-state index is -0.281. The van der Waals surface area contributed by atoms with Crippen molar-refractivity contribution in [1.82, 2.24) is 15.3 Å². The number of rotatable bonds is 4. The van der Waals surface area contributed by atoms with Crippen LogP contribution in [0.1, 0.15) is 31.3 Å². The number of amides is 1. The lowest BCUT2D eigenvalue weighted by Gasteiger charge is -2.20. The van der Waals surface area contributed by atoms with Crippen molar-refractivity contribution in [2.24, 2.45) is 0 Å². The highest BCUT2D eigenvalue weighted by molar-refractivity contribution is 5.93. The van der Waals surface area contributed by atoms with E-state index in [0.29, 0.717) is 18.1 Å². The molecule has 0 aromatic carbocycles. The van der Waals surface area contributed by atoms with E-state index in [4.69, 9.17) is 0 Å². The van der Waals surface area contributed by atoms with Crippen LogP contribution >= 0.6 is 0 Å². The summed E-state index contributed by atoms with van der Waals surface area (Å²) >= 11 is 0. The number of anilines is 1. The molecule has 0 fully saturated rings. The Bertz CT molecular complexity index is 409. The third-order valence-electron chi connectivity index (χ3n) is 1.82. The number of aromatic nitrogens is 2. The van der Waals surface area contributed by atoms with E-state index >= 15 is 0 Å². The minimum absolute atomic E-state index is 0.207. The topological polar surface area (TPSA) is 66.9 Å². The van der Waals surface area contributed by atoms with Crippen LogP contribution in [0.3, 0.4) is 0 Å². The zero-order valence-electron chi connectivity index (χ0n) is 10.4. The van der Waals surface area contributed by atoms with Gasteiger partial charge in [0.15, 0.2) is 0 Å². The highest BCUT2D eigenvalue weighted by atomic mass is 16.2. The van der Waals surface area contributed by atoms with Crippen LogP contribution in [0.25, 0.3) is 0 Å². The van der Waals surface area contributed by atoms with Crippen LogP contribution in [-0.4, -0.2) is 28.0 Å². The van der Waals surface area contributed by atoms with Gasteiger partial charge >= 0.3 is 0 Å². The van der Waals surface area contributed by atoms with Gasteiger partial charge in [-0.05, 0) is 20.8 Å². The highest BCUT2D eigenvalue weighted by Gasteiger charge is 2.16. The average Bonchev–Trinajstić information content (AvgIpc) is 2.24. The number of hydrogen-bond acceptors (Lipinski definition) is 4. The molecule has 0 radical (unpaired) electrons. The first kappa shape index (κ1) is 13.2. The first-order valence-corrected chi connectivity index (χ1v) is 5.42. The molecule has 1 amide bonds. The molecule has 0 unspecified atom stereocenters. The van der Waals surface area contributed by atoms with E-state index in [2.05, 4.69) is 27.2 Å². The fourth-order valence-corrected chi connectivity index (χ4v) is 1.16. The number of hydrogen-bond donors (Lipinski definition) is 2. The van der Waals surface area contributed by atoms with Crippen molar-refractivity contribution in [2.75, 3.05) is 11.9 Å². The molecule has 0 spiro atoms. The van der Waals surface area contributed by atoms with E-state index in [1.54, 1.807) is 12.1 Å². The normalized spacial score (nSPS) is 10.8. The maximum atomic E-state index is 11.8. The molecule has 5 heteroatoms. The van der Waals surface area contributed by atoms with Gasteiger partial charge < -0.3 is 10.6 Å². The van der Waals surface area contributed by atoms with E-state index in [1.807, 2.05) is 20.8 Å². The Kier molecular flexibility index (Phi) is 4.20.